The minimum absolute atomic E-state index is 0.381. The summed E-state index contributed by atoms with van der Waals surface area (Å²) in [4.78, 5) is 0. The maximum absolute atomic E-state index is 12.8. The second kappa shape index (κ2) is 3.44. The number of halogens is 6. The minimum Gasteiger partial charge on any atom is -0.204 e. The van der Waals surface area contributed by atoms with E-state index in [1.54, 1.807) is 0 Å². The van der Waals surface area contributed by atoms with E-state index in [1.165, 1.54) is 0 Å². The molecule has 0 atom stereocenters. The van der Waals surface area contributed by atoms with Gasteiger partial charge in [-0.05, 0) is 15.9 Å². The third kappa shape index (κ3) is 1.43. The lowest BCUT2D eigenvalue weighted by atomic mass is 10.3. The Hall–Kier alpha value is 0.0700. The van der Waals surface area contributed by atoms with Crippen molar-refractivity contribution in [3.05, 3.63) is 32.0 Å². The van der Waals surface area contributed by atoms with Crippen molar-refractivity contribution < 1.29 is 13.2 Å². The van der Waals surface area contributed by atoms with Crippen molar-refractivity contribution in [1.82, 2.24) is 0 Å². The highest BCUT2D eigenvalue weighted by molar-refractivity contribution is 9.10. The second-order valence-corrected chi connectivity index (χ2v) is 3.43. The van der Waals surface area contributed by atoms with Gasteiger partial charge in [-0.15, -0.1) is 0 Å². The smallest absolute Gasteiger partial charge is 0.182 e. The molecule has 0 amide bonds. The number of benzene rings is 1. The largest absolute Gasteiger partial charge is 0.204 e. The van der Waals surface area contributed by atoms with Crippen molar-refractivity contribution in [2.75, 3.05) is 0 Å². The Bertz CT molecular complexity index is 235. The van der Waals surface area contributed by atoms with E-state index in [1.807, 2.05) is 0 Å². The third-order valence-electron chi connectivity index (χ3n) is 1.16. The van der Waals surface area contributed by atoms with Crippen molar-refractivity contribution in [3.8, 4) is 0 Å². The van der Waals surface area contributed by atoms with E-state index in [4.69, 9.17) is 23.2 Å². The van der Waals surface area contributed by atoms with Crippen LogP contribution in [0.1, 0.15) is 0 Å². The first kappa shape index (κ1) is 10.2. The second-order valence-electron chi connectivity index (χ2n) is 1.88. The molecule has 0 N–H and O–H groups in total. The average Bonchev–Trinajstić information content (AvgIpc) is 2.08. The van der Waals surface area contributed by atoms with Crippen LogP contribution >= 0.6 is 39.1 Å². The fraction of sp³-hybridized carbons (Fsp3) is 0. The summed E-state index contributed by atoms with van der Waals surface area (Å²) < 4.78 is 37.6. The lowest BCUT2D eigenvalue weighted by Gasteiger charge is -2.03. The highest BCUT2D eigenvalue weighted by Gasteiger charge is 2.20. The topological polar surface area (TPSA) is 0 Å². The van der Waals surface area contributed by atoms with E-state index < -0.39 is 27.5 Å². The maximum atomic E-state index is 12.8. The fourth-order valence-electron chi connectivity index (χ4n) is 0.578. The first-order valence-corrected chi connectivity index (χ1v) is 4.18. The molecule has 0 aliphatic rings. The molecule has 0 radical (unpaired) electrons. The van der Waals surface area contributed by atoms with E-state index in [2.05, 4.69) is 15.9 Å². The van der Waals surface area contributed by atoms with Gasteiger partial charge in [0.2, 0.25) is 0 Å². The van der Waals surface area contributed by atoms with E-state index in [-0.39, 0.29) is 4.47 Å². The highest BCUT2D eigenvalue weighted by Crippen LogP contribution is 2.35. The molecule has 6 heteroatoms. The Morgan fingerprint density at radius 1 is 0.833 bits per heavy atom. The van der Waals surface area contributed by atoms with Crippen LogP contribution in [0, 0.1) is 17.5 Å². The third-order valence-corrected chi connectivity index (χ3v) is 2.82. The predicted molar refractivity (Wildman–Crippen MR) is 44.0 cm³/mol. The molecular weight excluding hydrogens is 280 g/mol. The molecule has 0 heterocycles. The van der Waals surface area contributed by atoms with Crippen LogP contribution in [0.4, 0.5) is 13.2 Å². The van der Waals surface area contributed by atoms with Crippen molar-refractivity contribution in [1.29, 1.82) is 0 Å². The van der Waals surface area contributed by atoms with E-state index in [0.717, 1.165) is 0 Å². The van der Waals surface area contributed by atoms with Crippen molar-refractivity contribution in [2.24, 2.45) is 0 Å². The minimum atomic E-state index is -1.48. The van der Waals surface area contributed by atoms with Gasteiger partial charge in [0.25, 0.3) is 0 Å². The molecule has 1 aromatic rings. The van der Waals surface area contributed by atoms with Crippen molar-refractivity contribution >= 4 is 39.1 Å². The van der Waals surface area contributed by atoms with Crippen LogP contribution in [0.2, 0.25) is 10.0 Å². The van der Waals surface area contributed by atoms with Crippen LogP contribution in [-0.2, 0) is 0 Å². The van der Waals surface area contributed by atoms with Crippen LogP contribution < -0.4 is 0 Å². The monoisotopic (exact) mass is 278 g/mol. The van der Waals surface area contributed by atoms with Gasteiger partial charge >= 0.3 is 0 Å². The molecule has 0 saturated heterocycles. The molecule has 1 rings (SSSR count). The van der Waals surface area contributed by atoms with Crippen LogP contribution in [0.5, 0.6) is 0 Å². The average molecular weight is 280 g/mol. The molecule has 0 aromatic heterocycles. The SMILES string of the molecule is Fc1c(F)c(Cl)c(Br)c(F)c1Cl. The zero-order chi connectivity index (χ0) is 9.46. The Morgan fingerprint density at radius 2 is 1.25 bits per heavy atom. The quantitative estimate of drug-likeness (QED) is 0.494. The van der Waals surface area contributed by atoms with Gasteiger partial charge in [-0.1, -0.05) is 23.2 Å². The molecule has 0 unspecified atom stereocenters. The highest BCUT2D eigenvalue weighted by atomic mass is 79.9. The molecule has 66 valence electrons. The van der Waals surface area contributed by atoms with Gasteiger partial charge < -0.3 is 0 Å². The summed E-state index contributed by atoms with van der Waals surface area (Å²) in [6.45, 7) is 0. The molecule has 0 aliphatic heterocycles. The molecule has 0 spiro atoms. The van der Waals surface area contributed by atoms with Crippen LogP contribution in [0.15, 0.2) is 4.47 Å². The van der Waals surface area contributed by atoms with Crippen LogP contribution in [0.3, 0.4) is 0 Å². The van der Waals surface area contributed by atoms with E-state index in [9.17, 15) is 13.2 Å². The van der Waals surface area contributed by atoms with Gasteiger partial charge in [0.15, 0.2) is 17.5 Å². The van der Waals surface area contributed by atoms with Gasteiger partial charge in [-0.25, -0.2) is 13.2 Å². The van der Waals surface area contributed by atoms with Crippen molar-refractivity contribution in [3.63, 3.8) is 0 Å². The molecule has 0 nitrogen and oxygen atoms in total. The standard InChI is InChI=1S/C6BrCl2F3/c7-1-2(8)5(11)6(12)3(9)4(1)10. The zero-order valence-electron chi connectivity index (χ0n) is 5.27. The van der Waals surface area contributed by atoms with E-state index in [0.29, 0.717) is 0 Å². The molecule has 0 saturated carbocycles. The first-order valence-electron chi connectivity index (χ1n) is 2.63. The summed E-state index contributed by atoms with van der Waals surface area (Å²) in [7, 11) is 0. The van der Waals surface area contributed by atoms with Gasteiger partial charge in [0.1, 0.15) is 5.02 Å². The van der Waals surface area contributed by atoms with E-state index >= 15 is 0 Å². The lowest BCUT2D eigenvalue weighted by molar-refractivity contribution is 0.494. The summed E-state index contributed by atoms with van der Waals surface area (Å²) in [5.74, 6) is -3.96. The fourth-order valence-corrected chi connectivity index (χ4v) is 1.41. The van der Waals surface area contributed by atoms with Crippen LogP contribution in [-0.4, -0.2) is 0 Å². The molecule has 0 aliphatic carbocycles. The number of hydrogen-bond donors (Lipinski definition) is 0. The summed E-state index contributed by atoms with van der Waals surface area (Å²) in [6, 6.07) is 0. The predicted octanol–water partition coefficient (Wildman–Crippen LogP) is 4.17. The molecule has 0 bridgehead atoms. The first-order chi connectivity index (χ1) is 5.46. The Morgan fingerprint density at radius 3 is 1.75 bits per heavy atom. The Labute approximate surface area is 84.4 Å². The summed E-state index contributed by atoms with van der Waals surface area (Å²) in [5, 5.41) is -1.57. The molecule has 0 fully saturated rings. The van der Waals surface area contributed by atoms with Crippen molar-refractivity contribution in [2.45, 2.75) is 0 Å². The normalized spacial score (nSPS) is 10.5. The van der Waals surface area contributed by atoms with Crippen LogP contribution in [0.25, 0.3) is 0 Å². The summed E-state index contributed by atoms with van der Waals surface area (Å²) in [6.07, 6.45) is 0. The Kier molecular flexibility index (Phi) is 2.91. The maximum Gasteiger partial charge on any atom is 0.182 e. The lowest BCUT2D eigenvalue weighted by Crippen LogP contribution is -1.93. The van der Waals surface area contributed by atoms with Gasteiger partial charge in [-0.3, -0.25) is 0 Å². The van der Waals surface area contributed by atoms with Gasteiger partial charge in [-0.2, -0.15) is 0 Å². The molecule has 12 heavy (non-hydrogen) atoms. The summed E-state index contributed by atoms with van der Waals surface area (Å²) in [5.41, 5.74) is 0. The molecule has 1 aromatic carbocycles. The number of rotatable bonds is 0. The number of hydrogen-bond acceptors (Lipinski definition) is 0. The van der Waals surface area contributed by atoms with Gasteiger partial charge in [0, 0.05) is 0 Å². The zero-order valence-corrected chi connectivity index (χ0v) is 8.37. The van der Waals surface area contributed by atoms with Gasteiger partial charge in [0.05, 0.1) is 9.50 Å². The summed E-state index contributed by atoms with van der Waals surface area (Å²) >= 11 is 12.9. The Balaban J connectivity index is 3.60. The molecular formula is C6BrCl2F3.